The third-order valence-corrected chi connectivity index (χ3v) is 2.61. The van der Waals surface area contributed by atoms with Crippen LogP contribution in [0.25, 0.3) is 0 Å². The fourth-order valence-corrected chi connectivity index (χ4v) is 1.21. The minimum absolute atomic E-state index is 2.01. The van der Waals surface area contributed by atoms with Crippen LogP contribution in [0.4, 0.5) is 36.6 Å². The molecule has 13 heteroatoms. The molecule has 1 heterocycles. The third kappa shape index (κ3) is 2.30. The molecule has 5 nitrogen and oxygen atoms in total. The van der Waals surface area contributed by atoms with Gasteiger partial charge in [0.15, 0.2) is 0 Å². The number of alkyl halides is 3. The number of sulfonamides is 1. The first-order valence-corrected chi connectivity index (χ1v) is 5.08. The highest BCUT2D eigenvalue weighted by molar-refractivity contribution is 7.93. The van der Waals surface area contributed by atoms with Crippen LogP contribution in [0.3, 0.4) is 0 Å². The smallest absolute Gasteiger partial charge is 0.194 e. The van der Waals surface area contributed by atoms with Gasteiger partial charge in [-0.1, -0.05) is 9.01 Å². The average molecular weight is 299 g/mol. The summed E-state index contributed by atoms with van der Waals surface area (Å²) in [6, 6.07) is 0. The zero-order valence-corrected chi connectivity index (χ0v) is 8.53. The van der Waals surface area contributed by atoms with Crippen LogP contribution in [-0.4, -0.2) is 23.9 Å². The second-order valence-corrected chi connectivity index (χ2v) is 4.32. The topological polar surface area (TPSA) is 63.2 Å². The van der Waals surface area contributed by atoms with Crippen molar-refractivity contribution in [2.24, 2.45) is 0 Å². The molecule has 18 heavy (non-hydrogen) atoms. The van der Waals surface area contributed by atoms with Crippen molar-refractivity contribution in [3.63, 3.8) is 0 Å². The molecular weight excluding hydrogens is 299 g/mol. The van der Waals surface area contributed by atoms with Gasteiger partial charge in [0.25, 0.3) is 17.8 Å². The molecule has 0 bridgehead atoms. The number of nitrogens with zero attached hydrogens (tertiary/aromatic N) is 3. The van der Waals surface area contributed by atoms with Crippen molar-refractivity contribution < 1.29 is 39.2 Å². The Hall–Kier alpha value is -1.66. The van der Waals surface area contributed by atoms with Gasteiger partial charge in [-0.2, -0.15) is 44.7 Å². The predicted molar refractivity (Wildman–Crippen MR) is 40.5 cm³/mol. The Morgan fingerprint density at radius 2 is 1.39 bits per heavy atom. The largest absolute Gasteiger partial charge is 0.519 e. The van der Waals surface area contributed by atoms with Gasteiger partial charge in [0, 0.05) is 0 Å². The summed E-state index contributed by atoms with van der Waals surface area (Å²) in [6.07, 6.45) is 0. The van der Waals surface area contributed by atoms with Crippen LogP contribution in [-0.2, 0) is 10.0 Å². The van der Waals surface area contributed by atoms with Crippen molar-refractivity contribution in [1.29, 1.82) is 0 Å². The summed E-state index contributed by atoms with van der Waals surface area (Å²) in [5, 5.41) is 0. The molecule has 0 amide bonds. The molecule has 1 rings (SSSR count). The second kappa shape index (κ2) is 4.22. The van der Waals surface area contributed by atoms with E-state index in [4.69, 9.17) is 0 Å². The van der Waals surface area contributed by atoms with Gasteiger partial charge in [-0.25, -0.2) is 0 Å². The first-order valence-electron chi connectivity index (χ1n) is 3.64. The summed E-state index contributed by atoms with van der Waals surface area (Å²) < 4.78 is 105. The Balaban J connectivity index is 3.37. The van der Waals surface area contributed by atoms with Crippen molar-refractivity contribution in [1.82, 2.24) is 9.97 Å². The van der Waals surface area contributed by atoms with Crippen molar-refractivity contribution >= 4 is 15.8 Å². The maximum atomic E-state index is 12.9. The molecule has 0 spiro atoms. The monoisotopic (exact) mass is 299 g/mol. The normalized spacial score (nSPS) is 12.6. The summed E-state index contributed by atoms with van der Waals surface area (Å²) >= 11 is 0. The minimum Gasteiger partial charge on any atom is -0.194 e. The van der Waals surface area contributed by atoms with E-state index in [1.54, 1.807) is 0 Å². The molecule has 0 atom stereocenters. The molecule has 0 aromatic carbocycles. The molecule has 1 aromatic heterocycles. The summed E-state index contributed by atoms with van der Waals surface area (Å²) in [6.45, 7) is 0. The van der Waals surface area contributed by atoms with E-state index >= 15 is 0 Å². The van der Waals surface area contributed by atoms with Gasteiger partial charge in [-0.3, -0.25) is 0 Å². The highest BCUT2D eigenvalue weighted by atomic mass is 32.2. The van der Waals surface area contributed by atoms with Crippen LogP contribution >= 0.6 is 0 Å². The molecule has 0 unspecified atom stereocenters. The highest BCUT2D eigenvalue weighted by Gasteiger charge is 2.52. The van der Waals surface area contributed by atoms with Crippen LogP contribution in [0.2, 0.25) is 0 Å². The number of rotatable bonds is 2. The fraction of sp³-hybridized carbons (Fsp3) is 0.200. The van der Waals surface area contributed by atoms with E-state index in [9.17, 15) is 39.2 Å². The molecule has 102 valence electrons. The van der Waals surface area contributed by atoms with Gasteiger partial charge in [0.1, 0.15) is 0 Å². The standard InChI is InChI=1S/C5F7N3O2S/c6-1-2(7)14-4(3(8)13-1)15(12)18(16,17)5(9,10)11. The zero-order chi connectivity index (χ0) is 14.3. The Morgan fingerprint density at radius 3 is 1.83 bits per heavy atom. The fourth-order valence-electron chi connectivity index (χ4n) is 0.684. The van der Waals surface area contributed by atoms with Crippen LogP contribution in [0.5, 0.6) is 0 Å². The summed E-state index contributed by atoms with van der Waals surface area (Å²) in [5.74, 6) is -9.09. The number of hydrogen-bond acceptors (Lipinski definition) is 4. The molecule has 0 fully saturated rings. The van der Waals surface area contributed by atoms with E-state index in [2.05, 4.69) is 0 Å². The van der Waals surface area contributed by atoms with Crippen LogP contribution in [0.1, 0.15) is 0 Å². The molecule has 0 N–H and O–H groups in total. The first kappa shape index (κ1) is 14.4. The number of halogens is 7. The van der Waals surface area contributed by atoms with E-state index in [0.29, 0.717) is 0 Å². The second-order valence-electron chi connectivity index (χ2n) is 2.59. The molecule has 0 saturated carbocycles. The molecule has 0 aliphatic heterocycles. The molecule has 1 aromatic rings. The quantitative estimate of drug-likeness (QED) is 0.612. The first-order chi connectivity index (χ1) is 7.98. The van der Waals surface area contributed by atoms with Crippen LogP contribution < -0.4 is 4.53 Å². The van der Waals surface area contributed by atoms with E-state index in [-0.39, 0.29) is 0 Å². The van der Waals surface area contributed by atoms with Crippen LogP contribution in [0, 0.1) is 17.8 Å². The Bertz CT molecular complexity index is 571. The molecular formula is C5F7N3O2S. The lowest BCUT2D eigenvalue weighted by Crippen LogP contribution is -2.37. The maximum Gasteiger partial charge on any atom is 0.519 e. The number of hydrogen-bond donors (Lipinski definition) is 0. The van der Waals surface area contributed by atoms with E-state index in [0.717, 1.165) is 0 Å². The van der Waals surface area contributed by atoms with E-state index < -0.39 is 43.7 Å². The van der Waals surface area contributed by atoms with Gasteiger partial charge < -0.3 is 0 Å². The lowest BCUT2D eigenvalue weighted by molar-refractivity contribution is -0.0449. The molecule has 0 radical (unpaired) electrons. The molecule has 0 saturated heterocycles. The average Bonchev–Trinajstić information content (AvgIpc) is 2.20. The van der Waals surface area contributed by atoms with Crippen molar-refractivity contribution in [3.8, 4) is 0 Å². The maximum absolute atomic E-state index is 12.9. The van der Waals surface area contributed by atoms with Gasteiger partial charge >= 0.3 is 15.5 Å². The number of aromatic nitrogens is 2. The van der Waals surface area contributed by atoms with E-state index in [1.165, 1.54) is 0 Å². The third-order valence-electron chi connectivity index (χ3n) is 1.43. The summed E-state index contributed by atoms with van der Waals surface area (Å²) in [4.78, 5) is 4.05. The Kier molecular flexibility index (Phi) is 3.38. The van der Waals surface area contributed by atoms with Crippen molar-refractivity contribution in [3.05, 3.63) is 17.8 Å². The molecule has 0 aliphatic carbocycles. The van der Waals surface area contributed by atoms with Gasteiger partial charge in [0.2, 0.25) is 5.82 Å². The van der Waals surface area contributed by atoms with Gasteiger partial charge in [-0.15, -0.1) is 0 Å². The SMILES string of the molecule is O=S(=O)(N(F)c1nc(F)c(F)nc1F)C(F)(F)F. The highest BCUT2D eigenvalue weighted by Crippen LogP contribution is 2.31. The summed E-state index contributed by atoms with van der Waals surface area (Å²) in [5.41, 5.74) is -6.12. The summed E-state index contributed by atoms with van der Waals surface area (Å²) in [7, 11) is -6.65. The zero-order valence-electron chi connectivity index (χ0n) is 7.71. The lowest BCUT2D eigenvalue weighted by atomic mass is 10.6. The van der Waals surface area contributed by atoms with Crippen LogP contribution in [0.15, 0.2) is 0 Å². The lowest BCUT2D eigenvalue weighted by Gasteiger charge is -2.14. The van der Waals surface area contributed by atoms with Crippen molar-refractivity contribution in [2.45, 2.75) is 5.51 Å². The minimum atomic E-state index is -6.65. The Morgan fingerprint density at radius 1 is 0.944 bits per heavy atom. The van der Waals surface area contributed by atoms with Crippen molar-refractivity contribution in [2.75, 3.05) is 4.53 Å². The predicted octanol–water partition coefficient (Wildman–Crippen LogP) is 1.43. The van der Waals surface area contributed by atoms with Gasteiger partial charge in [-0.05, 0) is 0 Å². The number of anilines is 1. The molecule has 0 aliphatic rings. The Labute approximate surface area is 93.9 Å². The van der Waals surface area contributed by atoms with E-state index in [1.807, 2.05) is 9.97 Å². The van der Waals surface area contributed by atoms with Gasteiger partial charge in [0.05, 0.1) is 0 Å².